The predicted molar refractivity (Wildman–Crippen MR) is 81.8 cm³/mol. The third-order valence-corrected chi connectivity index (χ3v) is 5.28. The lowest BCUT2D eigenvalue weighted by Gasteiger charge is -2.49. The molecular formula is C16H29NO6. The van der Waals surface area contributed by atoms with E-state index in [0.717, 1.165) is 25.7 Å². The number of hydrogen-bond acceptors (Lipinski definition) is 7. The highest BCUT2D eigenvalue weighted by atomic mass is 17.0. The zero-order valence-corrected chi connectivity index (χ0v) is 14.5. The molecule has 1 unspecified atom stereocenters. The van der Waals surface area contributed by atoms with E-state index in [0.29, 0.717) is 13.0 Å². The molecule has 1 saturated heterocycles. The van der Waals surface area contributed by atoms with Crippen LogP contribution in [0.3, 0.4) is 0 Å². The normalized spacial score (nSPS) is 35.8. The van der Waals surface area contributed by atoms with E-state index in [1.165, 1.54) is 19.4 Å². The number of nitrogens with zero attached hydrogens (tertiary/aromatic N) is 1. The first-order chi connectivity index (χ1) is 11.0. The fourth-order valence-electron chi connectivity index (χ4n) is 3.86. The molecule has 2 rings (SSSR count). The van der Waals surface area contributed by atoms with Crippen molar-refractivity contribution in [3.63, 3.8) is 0 Å². The molecule has 1 N–H and O–H groups in total. The molecule has 5 atom stereocenters. The third-order valence-electron chi connectivity index (χ3n) is 5.28. The molecule has 0 radical (unpaired) electrons. The number of fused-ring (bicyclic) bond motifs is 1. The second kappa shape index (κ2) is 7.90. The molecule has 23 heavy (non-hydrogen) atoms. The SMILES string of the molecule is CCCCO[C@@H]1CC2CC[C@H]([C@H](O)C(=O)OC)[C@]2(C)N(OC)O1. The summed E-state index contributed by atoms with van der Waals surface area (Å²) < 4.78 is 10.5. The molecule has 1 aliphatic heterocycles. The number of hydrogen-bond donors (Lipinski definition) is 1. The molecule has 0 spiro atoms. The van der Waals surface area contributed by atoms with Gasteiger partial charge in [-0.05, 0) is 32.1 Å². The van der Waals surface area contributed by atoms with Crippen molar-refractivity contribution in [2.75, 3.05) is 20.8 Å². The number of ether oxygens (including phenoxy) is 2. The van der Waals surface area contributed by atoms with Gasteiger partial charge in [0.25, 0.3) is 0 Å². The minimum Gasteiger partial charge on any atom is -0.467 e. The fraction of sp³-hybridized carbons (Fsp3) is 0.938. The molecule has 2 fully saturated rings. The van der Waals surface area contributed by atoms with Gasteiger partial charge < -0.3 is 14.6 Å². The van der Waals surface area contributed by atoms with Crippen molar-refractivity contribution in [1.82, 2.24) is 5.23 Å². The van der Waals surface area contributed by atoms with Crippen LogP contribution in [0.4, 0.5) is 0 Å². The van der Waals surface area contributed by atoms with Crippen LogP contribution in [0.15, 0.2) is 0 Å². The first kappa shape index (κ1) is 18.6. The molecule has 0 amide bonds. The van der Waals surface area contributed by atoms with Crippen molar-refractivity contribution < 1.29 is 29.0 Å². The van der Waals surface area contributed by atoms with Gasteiger partial charge in [-0.2, -0.15) is 0 Å². The maximum atomic E-state index is 11.8. The lowest BCUT2D eigenvalue weighted by atomic mass is 9.77. The second-order valence-electron chi connectivity index (χ2n) is 6.51. The lowest BCUT2D eigenvalue weighted by molar-refractivity contribution is -0.477. The minimum atomic E-state index is -1.19. The average Bonchev–Trinajstić information content (AvgIpc) is 2.90. The standard InChI is InChI=1S/C16H29NO6/c1-5-6-9-22-13-10-11-7-8-12(14(18)15(19)20-3)16(11,2)17(21-4)23-13/h11-14,18H,5-10H2,1-4H3/t11?,12-,13+,14+,16-/m1/s1. The molecule has 7 nitrogen and oxygen atoms in total. The highest BCUT2D eigenvalue weighted by Gasteiger charge is 2.59. The van der Waals surface area contributed by atoms with E-state index in [-0.39, 0.29) is 18.1 Å². The van der Waals surface area contributed by atoms with Crippen LogP contribution in [0.1, 0.15) is 46.0 Å². The number of unbranched alkanes of at least 4 members (excludes halogenated alkanes) is 1. The lowest BCUT2D eigenvalue weighted by Crippen LogP contribution is -2.61. The van der Waals surface area contributed by atoms with Crippen LogP contribution in [-0.2, 0) is 23.9 Å². The van der Waals surface area contributed by atoms with Crippen molar-refractivity contribution in [3.05, 3.63) is 0 Å². The summed E-state index contributed by atoms with van der Waals surface area (Å²) in [6.45, 7) is 4.73. The van der Waals surface area contributed by atoms with Gasteiger partial charge in [0.15, 0.2) is 12.4 Å². The van der Waals surface area contributed by atoms with Crippen molar-refractivity contribution in [1.29, 1.82) is 0 Å². The predicted octanol–water partition coefficient (Wildman–Crippen LogP) is 1.65. The van der Waals surface area contributed by atoms with E-state index in [4.69, 9.17) is 19.1 Å². The van der Waals surface area contributed by atoms with Gasteiger partial charge in [0, 0.05) is 18.9 Å². The Morgan fingerprint density at radius 1 is 1.43 bits per heavy atom. The maximum absolute atomic E-state index is 11.8. The molecule has 1 aliphatic carbocycles. The Bertz CT molecular complexity index is 406. The number of rotatable bonds is 7. The summed E-state index contributed by atoms with van der Waals surface area (Å²) in [7, 11) is 2.81. The molecule has 0 aromatic carbocycles. The molecule has 0 aromatic rings. The molecule has 7 heteroatoms. The topological polar surface area (TPSA) is 77.5 Å². The molecule has 2 aliphatic rings. The Kier molecular flexibility index (Phi) is 6.39. The molecule has 0 bridgehead atoms. The van der Waals surface area contributed by atoms with Gasteiger partial charge in [0.1, 0.15) is 0 Å². The van der Waals surface area contributed by atoms with Crippen molar-refractivity contribution in [2.24, 2.45) is 11.8 Å². The number of aliphatic hydroxyl groups is 1. The first-order valence-electron chi connectivity index (χ1n) is 8.37. The number of aliphatic hydroxyl groups excluding tert-OH is 1. The summed E-state index contributed by atoms with van der Waals surface area (Å²) in [5, 5.41) is 11.7. The Labute approximate surface area is 137 Å². The second-order valence-corrected chi connectivity index (χ2v) is 6.51. The molecule has 1 heterocycles. The zero-order chi connectivity index (χ0) is 17.0. The minimum absolute atomic E-state index is 0.215. The molecule has 0 aromatic heterocycles. The van der Waals surface area contributed by atoms with Gasteiger partial charge in [0.05, 0.1) is 19.8 Å². The van der Waals surface area contributed by atoms with Crippen molar-refractivity contribution in [3.8, 4) is 0 Å². The van der Waals surface area contributed by atoms with Crippen LogP contribution in [0.5, 0.6) is 0 Å². The van der Waals surface area contributed by atoms with Crippen LogP contribution >= 0.6 is 0 Å². The number of carbonyl (C=O) groups excluding carboxylic acids is 1. The van der Waals surface area contributed by atoms with E-state index in [1.807, 2.05) is 6.92 Å². The summed E-state index contributed by atoms with van der Waals surface area (Å²) in [5.41, 5.74) is -0.590. The molecular weight excluding hydrogens is 302 g/mol. The van der Waals surface area contributed by atoms with Gasteiger partial charge in [-0.15, -0.1) is 0 Å². The third kappa shape index (κ3) is 3.53. The summed E-state index contributed by atoms with van der Waals surface area (Å²) >= 11 is 0. The Morgan fingerprint density at radius 3 is 2.78 bits per heavy atom. The largest absolute Gasteiger partial charge is 0.467 e. The molecule has 134 valence electrons. The average molecular weight is 331 g/mol. The van der Waals surface area contributed by atoms with E-state index >= 15 is 0 Å². The maximum Gasteiger partial charge on any atom is 0.335 e. The highest BCUT2D eigenvalue weighted by molar-refractivity contribution is 5.74. The van der Waals surface area contributed by atoms with Crippen LogP contribution < -0.4 is 0 Å². The first-order valence-corrected chi connectivity index (χ1v) is 8.37. The van der Waals surface area contributed by atoms with Crippen LogP contribution in [0.25, 0.3) is 0 Å². The number of methoxy groups -OCH3 is 1. The van der Waals surface area contributed by atoms with Crippen molar-refractivity contribution >= 4 is 5.97 Å². The monoisotopic (exact) mass is 331 g/mol. The van der Waals surface area contributed by atoms with Gasteiger partial charge in [-0.25, -0.2) is 9.63 Å². The summed E-state index contributed by atoms with van der Waals surface area (Å²) in [6.07, 6.45) is 2.83. The van der Waals surface area contributed by atoms with Crippen LogP contribution in [-0.4, -0.2) is 55.1 Å². The van der Waals surface area contributed by atoms with Gasteiger partial charge >= 0.3 is 5.97 Å². The van der Waals surface area contributed by atoms with Gasteiger partial charge in [0.2, 0.25) is 0 Å². The number of carbonyl (C=O) groups is 1. The quantitative estimate of drug-likeness (QED) is 0.561. The van der Waals surface area contributed by atoms with E-state index in [9.17, 15) is 9.90 Å². The van der Waals surface area contributed by atoms with E-state index < -0.39 is 17.6 Å². The van der Waals surface area contributed by atoms with Crippen LogP contribution in [0, 0.1) is 11.8 Å². The Hall–Kier alpha value is -0.730. The van der Waals surface area contributed by atoms with Crippen LogP contribution in [0.2, 0.25) is 0 Å². The summed E-state index contributed by atoms with van der Waals surface area (Å²) in [5.74, 6) is -0.710. The van der Waals surface area contributed by atoms with E-state index in [1.54, 1.807) is 0 Å². The van der Waals surface area contributed by atoms with Crippen molar-refractivity contribution in [2.45, 2.75) is 63.9 Å². The van der Waals surface area contributed by atoms with Gasteiger partial charge in [-0.3, -0.25) is 4.84 Å². The van der Waals surface area contributed by atoms with Gasteiger partial charge in [-0.1, -0.05) is 18.6 Å². The number of esters is 1. The Balaban J connectivity index is 2.10. The zero-order valence-electron chi connectivity index (χ0n) is 14.5. The summed E-state index contributed by atoms with van der Waals surface area (Å²) in [6, 6.07) is 0. The molecule has 1 saturated carbocycles. The Morgan fingerprint density at radius 2 is 2.17 bits per heavy atom. The highest BCUT2D eigenvalue weighted by Crippen LogP contribution is 2.51. The van der Waals surface area contributed by atoms with E-state index in [2.05, 4.69) is 6.92 Å². The number of hydroxylamine groups is 2. The fourth-order valence-corrected chi connectivity index (χ4v) is 3.86. The smallest absolute Gasteiger partial charge is 0.335 e. The summed E-state index contributed by atoms with van der Waals surface area (Å²) in [4.78, 5) is 23.0.